The fraction of sp³-hybridized carbons (Fsp3) is 0.385. The van der Waals surface area contributed by atoms with Crippen LogP contribution in [0.3, 0.4) is 0 Å². The van der Waals surface area contributed by atoms with Crippen molar-refractivity contribution in [3.05, 3.63) is 35.9 Å². The van der Waals surface area contributed by atoms with Crippen LogP contribution in [0.2, 0.25) is 0 Å². The standard InChI is InChI=1S/C13H19N3O2.ClH/c1-9(14)7-12(17)16-11(13(15)18)8-10-5-3-2-4-6-10;/h2-6,9,11H,7-8,14H2,1H3,(H2,15,18)(H,16,17);1H. The van der Waals surface area contributed by atoms with Gasteiger partial charge >= 0.3 is 0 Å². The van der Waals surface area contributed by atoms with E-state index in [-0.39, 0.29) is 30.8 Å². The fourth-order valence-corrected chi connectivity index (χ4v) is 1.62. The molecule has 0 heterocycles. The van der Waals surface area contributed by atoms with E-state index in [1.54, 1.807) is 6.92 Å². The van der Waals surface area contributed by atoms with Gasteiger partial charge in [-0.25, -0.2) is 0 Å². The number of rotatable bonds is 6. The Balaban J connectivity index is 0.00000324. The average Bonchev–Trinajstić information content (AvgIpc) is 2.28. The number of nitrogens with two attached hydrogens (primary N) is 2. The van der Waals surface area contributed by atoms with E-state index in [0.29, 0.717) is 6.42 Å². The molecule has 0 aromatic heterocycles. The molecule has 5 N–H and O–H groups in total. The van der Waals surface area contributed by atoms with Crippen molar-refractivity contribution < 1.29 is 9.59 Å². The highest BCUT2D eigenvalue weighted by atomic mass is 35.5. The molecule has 106 valence electrons. The number of halogens is 1. The first-order chi connectivity index (χ1) is 8.49. The van der Waals surface area contributed by atoms with Gasteiger partial charge in [-0.2, -0.15) is 0 Å². The second kappa shape index (κ2) is 8.50. The van der Waals surface area contributed by atoms with Crippen molar-refractivity contribution in [2.75, 3.05) is 0 Å². The van der Waals surface area contributed by atoms with Crippen molar-refractivity contribution in [3.8, 4) is 0 Å². The molecule has 1 aromatic carbocycles. The molecule has 2 amide bonds. The van der Waals surface area contributed by atoms with Crippen LogP contribution in [-0.2, 0) is 16.0 Å². The van der Waals surface area contributed by atoms with Crippen LogP contribution in [0.4, 0.5) is 0 Å². The van der Waals surface area contributed by atoms with Crippen molar-refractivity contribution >= 4 is 24.2 Å². The third-order valence-corrected chi connectivity index (χ3v) is 2.47. The Bertz CT molecular complexity index is 410. The SMILES string of the molecule is CC(N)CC(=O)NC(Cc1ccccc1)C(N)=O.Cl. The van der Waals surface area contributed by atoms with E-state index in [1.165, 1.54) is 0 Å². The molecule has 1 rings (SSSR count). The largest absolute Gasteiger partial charge is 0.368 e. The van der Waals surface area contributed by atoms with Crippen molar-refractivity contribution in [1.29, 1.82) is 0 Å². The molecule has 0 saturated heterocycles. The lowest BCUT2D eigenvalue weighted by atomic mass is 10.1. The van der Waals surface area contributed by atoms with E-state index in [0.717, 1.165) is 5.56 Å². The number of hydrogen-bond acceptors (Lipinski definition) is 3. The Hall–Kier alpha value is -1.59. The van der Waals surface area contributed by atoms with E-state index in [4.69, 9.17) is 11.5 Å². The second-order valence-corrected chi connectivity index (χ2v) is 4.39. The summed E-state index contributed by atoms with van der Waals surface area (Å²) in [6.07, 6.45) is 0.569. The Morgan fingerprint density at radius 1 is 1.26 bits per heavy atom. The minimum Gasteiger partial charge on any atom is -0.368 e. The number of nitrogens with one attached hydrogen (secondary N) is 1. The van der Waals surface area contributed by atoms with Crippen molar-refractivity contribution in [3.63, 3.8) is 0 Å². The molecule has 0 spiro atoms. The smallest absolute Gasteiger partial charge is 0.240 e. The summed E-state index contributed by atoms with van der Waals surface area (Å²) in [5, 5.41) is 2.60. The predicted molar refractivity (Wildman–Crippen MR) is 76.8 cm³/mol. The van der Waals surface area contributed by atoms with Crippen LogP contribution in [0.5, 0.6) is 0 Å². The van der Waals surface area contributed by atoms with E-state index < -0.39 is 11.9 Å². The van der Waals surface area contributed by atoms with Gasteiger partial charge in [0.05, 0.1) is 0 Å². The normalized spacial score (nSPS) is 12.9. The van der Waals surface area contributed by atoms with E-state index in [1.807, 2.05) is 30.3 Å². The van der Waals surface area contributed by atoms with Crippen LogP contribution < -0.4 is 16.8 Å². The zero-order chi connectivity index (χ0) is 13.5. The minimum atomic E-state index is -0.696. The second-order valence-electron chi connectivity index (χ2n) is 4.39. The number of hydrogen-bond donors (Lipinski definition) is 3. The zero-order valence-corrected chi connectivity index (χ0v) is 11.7. The lowest BCUT2D eigenvalue weighted by Gasteiger charge is -2.16. The Morgan fingerprint density at radius 3 is 2.32 bits per heavy atom. The molecule has 6 heteroatoms. The van der Waals surface area contributed by atoms with Crippen LogP contribution in [-0.4, -0.2) is 23.9 Å². The van der Waals surface area contributed by atoms with Crippen LogP contribution >= 0.6 is 12.4 Å². The zero-order valence-electron chi connectivity index (χ0n) is 10.8. The molecule has 0 bridgehead atoms. The van der Waals surface area contributed by atoms with E-state index in [9.17, 15) is 9.59 Å². The van der Waals surface area contributed by atoms with Gasteiger partial charge < -0.3 is 16.8 Å². The molecule has 0 aliphatic heterocycles. The number of amides is 2. The lowest BCUT2D eigenvalue weighted by Crippen LogP contribution is -2.46. The van der Waals surface area contributed by atoms with Gasteiger partial charge in [0.2, 0.25) is 11.8 Å². The van der Waals surface area contributed by atoms with Crippen LogP contribution in [0.15, 0.2) is 30.3 Å². The molecule has 0 saturated carbocycles. The Kier molecular flexibility index (Phi) is 7.79. The maximum Gasteiger partial charge on any atom is 0.240 e. The summed E-state index contributed by atoms with van der Waals surface area (Å²) in [7, 11) is 0. The van der Waals surface area contributed by atoms with Crippen molar-refractivity contribution in [2.45, 2.75) is 31.8 Å². The fourth-order valence-electron chi connectivity index (χ4n) is 1.62. The third-order valence-electron chi connectivity index (χ3n) is 2.47. The van der Waals surface area contributed by atoms with Crippen molar-refractivity contribution in [2.24, 2.45) is 11.5 Å². The summed E-state index contributed by atoms with van der Waals surface area (Å²) < 4.78 is 0. The maximum absolute atomic E-state index is 11.6. The van der Waals surface area contributed by atoms with Gasteiger partial charge in [0.1, 0.15) is 6.04 Å². The van der Waals surface area contributed by atoms with Crippen molar-refractivity contribution in [1.82, 2.24) is 5.32 Å². The monoisotopic (exact) mass is 285 g/mol. The van der Waals surface area contributed by atoms with Crippen LogP contribution in [0, 0.1) is 0 Å². The Morgan fingerprint density at radius 2 is 1.84 bits per heavy atom. The number of carbonyl (C=O) groups excluding carboxylic acids is 2. The first kappa shape index (κ1) is 17.4. The molecule has 0 aliphatic carbocycles. The lowest BCUT2D eigenvalue weighted by molar-refractivity contribution is -0.127. The van der Waals surface area contributed by atoms with Gasteiger partial charge in [0, 0.05) is 18.9 Å². The first-order valence-electron chi connectivity index (χ1n) is 5.87. The van der Waals surface area contributed by atoms with E-state index in [2.05, 4.69) is 5.32 Å². The van der Waals surface area contributed by atoms with Gasteiger partial charge in [-0.1, -0.05) is 30.3 Å². The number of carbonyl (C=O) groups is 2. The highest BCUT2D eigenvalue weighted by Gasteiger charge is 2.18. The molecule has 5 nitrogen and oxygen atoms in total. The minimum absolute atomic E-state index is 0. The number of primary amides is 1. The number of benzene rings is 1. The predicted octanol–water partition coefficient (Wildman–Crippen LogP) is 0.358. The molecule has 2 unspecified atom stereocenters. The average molecular weight is 286 g/mol. The molecule has 0 radical (unpaired) electrons. The van der Waals surface area contributed by atoms with Gasteiger partial charge in [-0.15, -0.1) is 12.4 Å². The highest BCUT2D eigenvalue weighted by molar-refractivity contribution is 5.87. The first-order valence-corrected chi connectivity index (χ1v) is 5.87. The molecular formula is C13H20ClN3O2. The third kappa shape index (κ3) is 6.79. The molecule has 19 heavy (non-hydrogen) atoms. The highest BCUT2D eigenvalue weighted by Crippen LogP contribution is 2.03. The summed E-state index contributed by atoms with van der Waals surface area (Å²) in [6, 6.07) is 8.46. The van der Waals surface area contributed by atoms with Crippen LogP contribution in [0.25, 0.3) is 0 Å². The summed E-state index contributed by atoms with van der Waals surface area (Å²) in [4.78, 5) is 22.9. The quantitative estimate of drug-likeness (QED) is 0.704. The van der Waals surface area contributed by atoms with Gasteiger partial charge in [-0.3, -0.25) is 9.59 Å². The summed E-state index contributed by atoms with van der Waals surface area (Å²) >= 11 is 0. The van der Waals surface area contributed by atoms with Crippen LogP contribution in [0.1, 0.15) is 18.9 Å². The maximum atomic E-state index is 11.6. The molecule has 0 aliphatic rings. The summed E-state index contributed by atoms with van der Waals surface area (Å²) in [5.41, 5.74) is 11.7. The van der Waals surface area contributed by atoms with Gasteiger partial charge in [-0.05, 0) is 12.5 Å². The van der Waals surface area contributed by atoms with E-state index >= 15 is 0 Å². The molecule has 1 aromatic rings. The topological polar surface area (TPSA) is 98.2 Å². The summed E-state index contributed by atoms with van der Waals surface area (Å²) in [6.45, 7) is 1.73. The van der Waals surface area contributed by atoms with Gasteiger partial charge in [0.25, 0.3) is 0 Å². The molecular weight excluding hydrogens is 266 g/mol. The Labute approximate surface area is 119 Å². The molecule has 0 fully saturated rings. The molecule has 2 atom stereocenters. The van der Waals surface area contributed by atoms with Gasteiger partial charge in [0.15, 0.2) is 0 Å². The summed E-state index contributed by atoms with van der Waals surface area (Å²) in [5.74, 6) is -0.804.